The molecule has 0 spiro atoms. The second kappa shape index (κ2) is 17.8. The highest BCUT2D eigenvalue weighted by Crippen LogP contribution is 2.42. The molecule has 0 heterocycles. The van der Waals surface area contributed by atoms with E-state index in [-0.39, 0.29) is 11.3 Å². The fourth-order valence-corrected chi connectivity index (χ4v) is 8.22. The van der Waals surface area contributed by atoms with E-state index in [9.17, 15) is 0 Å². The summed E-state index contributed by atoms with van der Waals surface area (Å²) in [5.41, 5.74) is 11.1. The zero-order valence-corrected chi connectivity index (χ0v) is 32.7. The Hall–Kier alpha value is -2.52. The molecular weight excluding hydrogens is 565 g/mol. The van der Waals surface area contributed by atoms with E-state index in [1.807, 2.05) is 0 Å². The highest BCUT2D eigenvalue weighted by Gasteiger charge is 2.27. The first-order valence-corrected chi connectivity index (χ1v) is 19.1. The van der Waals surface area contributed by atoms with Crippen molar-refractivity contribution in [1.82, 2.24) is 0 Å². The highest BCUT2D eigenvalue weighted by atomic mass is 14.3. The van der Waals surface area contributed by atoms with Gasteiger partial charge in [-0.25, -0.2) is 0 Å². The van der Waals surface area contributed by atoms with Crippen LogP contribution in [0.2, 0.25) is 0 Å². The van der Waals surface area contributed by atoms with Crippen LogP contribution in [0.25, 0.3) is 0 Å². The predicted molar refractivity (Wildman–Crippen MR) is 210 cm³/mol. The molecule has 4 unspecified atom stereocenters. The molecule has 3 aliphatic carbocycles. The number of rotatable bonds is 10. The maximum Gasteiger partial charge on any atom is 0.0357 e. The van der Waals surface area contributed by atoms with E-state index >= 15 is 0 Å². The first kappa shape index (κ1) is 38.9. The molecule has 0 radical (unpaired) electrons. The monoisotopic (exact) mass is 635 g/mol. The van der Waals surface area contributed by atoms with Crippen LogP contribution in [-0.4, -0.2) is 0 Å². The van der Waals surface area contributed by atoms with Crippen molar-refractivity contribution in [2.75, 3.05) is 0 Å². The Morgan fingerprint density at radius 3 is 2.13 bits per heavy atom. The number of hydrogen-bond donors (Lipinski definition) is 0. The first-order valence-electron chi connectivity index (χ1n) is 19.1. The van der Waals surface area contributed by atoms with Gasteiger partial charge in [-0.05, 0) is 139 Å². The molecule has 0 amide bonds. The third-order valence-corrected chi connectivity index (χ3v) is 11.0. The molecule has 0 saturated carbocycles. The standard InChI is InChI=1S/C47H70/c1-34(21-25-44-40(7)15-13-27-46(44,9)10)17-18-36(3)29-38(5)31-42-23-19-35(2)20-24-43(33-42)32-39(6)30-37(4)22-26-45-41(8)16-14-28-47(45,11)12/h20-22,24-26,30-31,33-36,39,42H,13-16,19,23,27-29,32H2,1-12H3/b24-20-,25-21+,26-22+,37-30+,38-31+,43-33+/t34?,35?,36?,39?,42-/m1/s1. The minimum atomic E-state index is 0.277. The van der Waals surface area contributed by atoms with E-state index in [2.05, 4.69) is 150 Å². The SMILES string of the molecule is CC1=C(/C=C/C(C)=C/C(C)CC2=C/[C@@H](/C=C(\C)CC(C)C#CC(C)/C=C/C3=C(C)CCCC3(C)C)CCC(C)/C=C\2)C(C)(C)CCC1. The Balaban J connectivity index is 1.64. The number of hydrogen-bond acceptors (Lipinski definition) is 0. The number of allylic oxidation sites excluding steroid dienone is 16. The molecule has 258 valence electrons. The maximum atomic E-state index is 3.59. The fourth-order valence-electron chi connectivity index (χ4n) is 8.22. The summed E-state index contributed by atoms with van der Waals surface area (Å²) in [6.45, 7) is 28.1. The van der Waals surface area contributed by atoms with E-state index in [1.165, 1.54) is 73.7 Å². The lowest BCUT2D eigenvalue weighted by Crippen LogP contribution is -2.19. The van der Waals surface area contributed by atoms with Crippen molar-refractivity contribution in [1.29, 1.82) is 0 Å². The van der Waals surface area contributed by atoms with Gasteiger partial charge in [0.05, 0.1) is 0 Å². The van der Waals surface area contributed by atoms with E-state index in [0.717, 1.165) is 12.8 Å². The summed E-state index contributed by atoms with van der Waals surface area (Å²) >= 11 is 0. The van der Waals surface area contributed by atoms with Gasteiger partial charge < -0.3 is 0 Å². The normalized spacial score (nSPS) is 27.9. The van der Waals surface area contributed by atoms with Crippen molar-refractivity contribution in [3.63, 3.8) is 0 Å². The third kappa shape index (κ3) is 12.8. The van der Waals surface area contributed by atoms with Gasteiger partial charge in [0.25, 0.3) is 0 Å². The molecule has 0 aromatic carbocycles. The van der Waals surface area contributed by atoms with Crippen molar-refractivity contribution in [2.24, 2.45) is 40.4 Å². The predicted octanol–water partition coefficient (Wildman–Crippen LogP) is 14.3. The molecule has 0 fully saturated rings. The largest absolute Gasteiger partial charge is 0.0992 e. The van der Waals surface area contributed by atoms with Gasteiger partial charge in [-0.15, -0.1) is 0 Å². The van der Waals surface area contributed by atoms with Crippen LogP contribution in [0.3, 0.4) is 0 Å². The molecule has 47 heavy (non-hydrogen) atoms. The Kier molecular flexibility index (Phi) is 14.7. The van der Waals surface area contributed by atoms with Crippen LogP contribution in [-0.2, 0) is 0 Å². The molecule has 5 atom stereocenters. The minimum absolute atomic E-state index is 0.277. The molecule has 0 aromatic heterocycles. The van der Waals surface area contributed by atoms with Crippen molar-refractivity contribution in [3.8, 4) is 11.8 Å². The summed E-state index contributed by atoms with van der Waals surface area (Å²) in [7, 11) is 0. The van der Waals surface area contributed by atoms with Crippen molar-refractivity contribution >= 4 is 0 Å². The van der Waals surface area contributed by atoms with Crippen LogP contribution in [0.4, 0.5) is 0 Å². The zero-order valence-electron chi connectivity index (χ0n) is 32.7. The highest BCUT2D eigenvalue weighted by molar-refractivity contribution is 5.37. The summed E-state index contributed by atoms with van der Waals surface area (Å²) in [4.78, 5) is 0. The lowest BCUT2D eigenvalue weighted by atomic mass is 9.72. The summed E-state index contributed by atoms with van der Waals surface area (Å²) in [5, 5.41) is 0. The van der Waals surface area contributed by atoms with Crippen LogP contribution in [0, 0.1) is 52.3 Å². The third-order valence-electron chi connectivity index (χ3n) is 11.0. The topological polar surface area (TPSA) is 0 Å². The van der Waals surface area contributed by atoms with Crippen LogP contribution in [0.15, 0.2) is 93.7 Å². The van der Waals surface area contributed by atoms with Crippen molar-refractivity contribution < 1.29 is 0 Å². The molecular formula is C47H70. The van der Waals surface area contributed by atoms with Gasteiger partial charge in [-0.3, -0.25) is 0 Å². The molecule has 3 rings (SSSR count). The second-order valence-electron chi connectivity index (χ2n) is 17.2. The lowest BCUT2D eigenvalue weighted by Gasteiger charge is -2.33. The van der Waals surface area contributed by atoms with Gasteiger partial charge in [0.15, 0.2) is 0 Å². The van der Waals surface area contributed by atoms with Gasteiger partial charge in [-0.1, -0.05) is 143 Å². The molecule has 0 saturated heterocycles. The average molecular weight is 635 g/mol. The van der Waals surface area contributed by atoms with Gasteiger partial charge in [0.2, 0.25) is 0 Å². The molecule has 0 N–H and O–H groups in total. The van der Waals surface area contributed by atoms with E-state index < -0.39 is 0 Å². The van der Waals surface area contributed by atoms with Crippen LogP contribution in [0.1, 0.15) is 147 Å². The van der Waals surface area contributed by atoms with Crippen LogP contribution in [0.5, 0.6) is 0 Å². The Bertz CT molecular complexity index is 1370. The second-order valence-corrected chi connectivity index (χ2v) is 17.2. The Labute approximate surface area is 292 Å². The smallest absolute Gasteiger partial charge is 0.0357 e. The van der Waals surface area contributed by atoms with E-state index in [1.54, 1.807) is 16.7 Å². The zero-order chi connectivity index (χ0) is 34.8. The fraction of sp³-hybridized carbons (Fsp3) is 0.617. The van der Waals surface area contributed by atoms with Gasteiger partial charge in [-0.2, -0.15) is 0 Å². The molecule has 0 aromatic rings. The lowest BCUT2D eigenvalue weighted by molar-refractivity contribution is 0.376. The minimum Gasteiger partial charge on any atom is -0.0992 e. The summed E-state index contributed by atoms with van der Waals surface area (Å²) < 4.78 is 0. The summed E-state index contributed by atoms with van der Waals surface area (Å²) in [5.74, 6) is 9.41. The van der Waals surface area contributed by atoms with Crippen LogP contribution >= 0.6 is 0 Å². The van der Waals surface area contributed by atoms with E-state index in [4.69, 9.17) is 0 Å². The van der Waals surface area contributed by atoms with Gasteiger partial charge >= 0.3 is 0 Å². The first-order chi connectivity index (χ1) is 22.1. The molecule has 0 heteroatoms. The molecule has 3 aliphatic rings. The van der Waals surface area contributed by atoms with E-state index in [0.29, 0.717) is 29.1 Å². The average Bonchev–Trinajstić information content (AvgIpc) is 2.95. The van der Waals surface area contributed by atoms with Crippen LogP contribution < -0.4 is 0 Å². The molecule has 0 nitrogen and oxygen atoms in total. The maximum absolute atomic E-state index is 3.59. The van der Waals surface area contributed by atoms with Gasteiger partial charge in [0, 0.05) is 11.8 Å². The summed E-state index contributed by atoms with van der Waals surface area (Å²) in [6, 6.07) is 0. The molecule has 0 aliphatic heterocycles. The van der Waals surface area contributed by atoms with Crippen molar-refractivity contribution in [3.05, 3.63) is 93.7 Å². The van der Waals surface area contributed by atoms with Gasteiger partial charge in [0.1, 0.15) is 0 Å². The quantitative estimate of drug-likeness (QED) is 0.127. The Morgan fingerprint density at radius 1 is 0.894 bits per heavy atom. The molecule has 0 bridgehead atoms. The Morgan fingerprint density at radius 2 is 1.51 bits per heavy atom. The summed E-state index contributed by atoms with van der Waals surface area (Å²) in [6.07, 6.45) is 34.2. The van der Waals surface area contributed by atoms with Crippen molar-refractivity contribution in [2.45, 2.75) is 147 Å².